The van der Waals surface area contributed by atoms with Crippen molar-refractivity contribution in [2.75, 3.05) is 36.4 Å². The first kappa shape index (κ1) is 17.6. The van der Waals surface area contributed by atoms with E-state index in [0.29, 0.717) is 23.1 Å². The van der Waals surface area contributed by atoms with Crippen molar-refractivity contribution in [3.05, 3.63) is 60.4 Å². The maximum Gasteiger partial charge on any atom is 0.274 e. The van der Waals surface area contributed by atoms with Crippen LogP contribution in [-0.4, -0.2) is 36.8 Å². The summed E-state index contributed by atoms with van der Waals surface area (Å²) >= 11 is 0. The van der Waals surface area contributed by atoms with E-state index in [1.165, 1.54) is 6.20 Å². The van der Waals surface area contributed by atoms with Crippen LogP contribution in [0, 0.1) is 0 Å². The monoisotopic (exact) mass is 377 g/mol. The van der Waals surface area contributed by atoms with Gasteiger partial charge in [0.05, 0.1) is 0 Å². The summed E-state index contributed by atoms with van der Waals surface area (Å²) in [4.78, 5) is 23.0. The zero-order chi connectivity index (χ0) is 19.5. The molecule has 0 radical (unpaired) electrons. The number of ether oxygens (including phenoxy) is 2. The van der Waals surface area contributed by atoms with Crippen molar-refractivity contribution in [3.63, 3.8) is 0 Å². The molecule has 0 saturated heterocycles. The number of rotatable bonds is 5. The molecule has 0 atom stereocenters. The van der Waals surface area contributed by atoms with E-state index in [4.69, 9.17) is 9.47 Å². The van der Waals surface area contributed by atoms with Gasteiger partial charge in [-0.05, 0) is 42.5 Å². The Bertz CT molecular complexity index is 1000. The molecule has 1 amide bonds. The lowest BCUT2D eigenvalue weighted by Crippen LogP contribution is -2.14. The van der Waals surface area contributed by atoms with Gasteiger partial charge in [0, 0.05) is 43.4 Å². The van der Waals surface area contributed by atoms with Gasteiger partial charge in [-0.1, -0.05) is 0 Å². The molecular weight excluding hydrogens is 358 g/mol. The van der Waals surface area contributed by atoms with Crippen LogP contribution in [0.5, 0.6) is 11.5 Å². The van der Waals surface area contributed by atoms with Crippen molar-refractivity contribution < 1.29 is 14.3 Å². The third-order valence-electron chi connectivity index (χ3n) is 4.16. The zero-order valence-corrected chi connectivity index (χ0v) is 15.5. The molecule has 4 rings (SSSR count). The maximum atomic E-state index is 12.5. The van der Waals surface area contributed by atoms with Crippen molar-refractivity contribution in [3.8, 4) is 11.5 Å². The minimum atomic E-state index is -0.340. The van der Waals surface area contributed by atoms with Gasteiger partial charge in [-0.2, -0.15) is 0 Å². The first-order chi connectivity index (χ1) is 13.6. The van der Waals surface area contributed by atoms with Crippen LogP contribution < -0.4 is 25.0 Å². The highest BCUT2D eigenvalue weighted by Gasteiger charge is 2.15. The normalized spacial score (nSPS) is 11.8. The lowest BCUT2D eigenvalue weighted by molar-refractivity contribution is 0.102. The van der Waals surface area contributed by atoms with Crippen LogP contribution in [0.1, 0.15) is 10.5 Å². The van der Waals surface area contributed by atoms with Crippen LogP contribution in [0.3, 0.4) is 0 Å². The number of nitrogens with zero attached hydrogens (tertiary/aromatic N) is 3. The predicted octanol–water partition coefficient (Wildman–Crippen LogP) is 3.27. The Morgan fingerprint density at radius 1 is 1.00 bits per heavy atom. The minimum Gasteiger partial charge on any atom is -0.454 e. The fraction of sp³-hybridized carbons (Fsp3) is 0.150. The van der Waals surface area contributed by atoms with Gasteiger partial charge in [0.2, 0.25) is 12.7 Å². The molecule has 0 fully saturated rings. The van der Waals surface area contributed by atoms with E-state index in [-0.39, 0.29) is 18.4 Å². The van der Waals surface area contributed by atoms with Crippen molar-refractivity contribution in [1.29, 1.82) is 0 Å². The molecular formula is C20H19N5O3. The first-order valence-electron chi connectivity index (χ1n) is 8.67. The Balaban J connectivity index is 1.46. The van der Waals surface area contributed by atoms with Crippen LogP contribution in [-0.2, 0) is 0 Å². The number of amides is 1. The summed E-state index contributed by atoms with van der Waals surface area (Å²) in [6.45, 7) is 0.184. The molecule has 0 aliphatic carbocycles. The van der Waals surface area contributed by atoms with Gasteiger partial charge in [0.15, 0.2) is 11.5 Å². The molecule has 0 saturated carbocycles. The fourth-order valence-electron chi connectivity index (χ4n) is 2.69. The van der Waals surface area contributed by atoms with Gasteiger partial charge in [-0.3, -0.25) is 4.79 Å². The number of hydrogen-bond acceptors (Lipinski definition) is 7. The van der Waals surface area contributed by atoms with Crippen molar-refractivity contribution in [1.82, 2.24) is 9.97 Å². The first-order valence-corrected chi connectivity index (χ1v) is 8.67. The molecule has 1 aliphatic heterocycles. The molecule has 2 heterocycles. The number of fused-ring (bicyclic) bond motifs is 1. The predicted molar refractivity (Wildman–Crippen MR) is 107 cm³/mol. The summed E-state index contributed by atoms with van der Waals surface area (Å²) < 4.78 is 10.6. The molecule has 1 aromatic heterocycles. The van der Waals surface area contributed by atoms with Gasteiger partial charge in [-0.15, -0.1) is 0 Å². The highest BCUT2D eigenvalue weighted by Crippen LogP contribution is 2.34. The van der Waals surface area contributed by atoms with Crippen molar-refractivity contribution >= 4 is 28.9 Å². The van der Waals surface area contributed by atoms with Crippen LogP contribution in [0.25, 0.3) is 0 Å². The summed E-state index contributed by atoms with van der Waals surface area (Å²) in [6.07, 6.45) is 1.54. The van der Waals surface area contributed by atoms with Crippen LogP contribution in [0.4, 0.5) is 23.0 Å². The molecule has 2 N–H and O–H groups in total. The van der Waals surface area contributed by atoms with Gasteiger partial charge in [0.25, 0.3) is 5.91 Å². The molecule has 1 aliphatic rings. The standard InChI is InChI=1S/C20H19N5O3/c1-25(2)15-6-3-13(4-7-15)23-20-21-10-9-16(24-20)19(26)22-14-5-8-17-18(11-14)28-12-27-17/h3-11H,12H2,1-2H3,(H,22,26)(H,21,23,24). The highest BCUT2D eigenvalue weighted by molar-refractivity contribution is 6.03. The number of nitrogens with one attached hydrogen (secondary N) is 2. The largest absolute Gasteiger partial charge is 0.454 e. The molecule has 3 aromatic rings. The van der Waals surface area contributed by atoms with E-state index in [0.717, 1.165) is 11.4 Å². The average molecular weight is 377 g/mol. The Labute approximate surface area is 162 Å². The van der Waals surface area contributed by atoms with E-state index in [1.807, 2.05) is 43.3 Å². The molecule has 8 heteroatoms. The Morgan fingerprint density at radius 3 is 2.54 bits per heavy atom. The third kappa shape index (κ3) is 3.80. The van der Waals surface area contributed by atoms with Crippen LogP contribution >= 0.6 is 0 Å². The van der Waals surface area contributed by atoms with E-state index in [1.54, 1.807) is 24.3 Å². The lowest BCUT2D eigenvalue weighted by atomic mass is 10.2. The number of carbonyl (C=O) groups is 1. The highest BCUT2D eigenvalue weighted by atomic mass is 16.7. The molecule has 0 spiro atoms. The SMILES string of the molecule is CN(C)c1ccc(Nc2nccc(C(=O)Nc3ccc4c(c3)OCO4)n2)cc1. The van der Waals surface area contributed by atoms with Crippen LogP contribution in [0.2, 0.25) is 0 Å². The Morgan fingerprint density at radius 2 is 1.75 bits per heavy atom. The zero-order valence-electron chi connectivity index (χ0n) is 15.5. The summed E-state index contributed by atoms with van der Waals surface area (Å²) in [7, 11) is 3.96. The van der Waals surface area contributed by atoms with Crippen molar-refractivity contribution in [2.45, 2.75) is 0 Å². The maximum absolute atomic E-state index is 12.5. The van der Waals surface area contributed by atoms with Crippen LogP contribution in [0.15, 0.2) is 54.7 Å². The van der Waals surface area contributed by atoms with E-state index < -0.39 is 0 Å². The summed E-state index contributed by atoms with van der Waals surface area (Å²) in [5.74, 6) is 1.26. The van der Waals surface area contributed by atoms with Gasteiger partial charge in [0.1, 0.15) is 5.69 Å². The second-order valence-corrected chi connectivity index (χ2v) is 6.35. The average Bonchev–Trinajstić information content (AvgIpc) is 3.16. The second kappa shape index (κ2) is 7.43. The topological polar surface area (TPSA) is 88.6 Å². The van der Waals surface area contributed by atoms with E-state index >= 15 is 0 Å². The molecule has 8 nitrogen and oxygen atoms in total. The van der Waals surface area contributed by atoms with Gasteiger partial charge >= 0.3 is 0 Å². The fourth-order valence-corrected chi connectivity index (χ4v) is 2.69. The number of anilines is 4. The van der Waals surface area contributed by atoms with Gasteiger partial charge < -0.3 is 25.0 Å². The minimum absolute atomic E-state index is 0.184. The van der Waals surface area contributed by atoms with E-state index in [9.17, 15) is 4.79 Å². The smallest absolute Gasteiger partial charge is 0.274 e. The summed E-state index contributed by atoms with van der Waals surface area (Å²) in [6, 6.07) is 14.6. The third-order valence-corrected chi connectivity index (χ3v) is 4.16. The number of hydrogen-bond donors (Lipinski definition) is 2. The Hall–Kier alpha value is -3.81. The molecule has 0 bridgehead atoms. The van der Waals surface area contributed by atoms with Gasteiger partial charge in [-0.25, -0.2) is 9.97 Å². The molecule has 142 valence electrons. The molecule has 28 heavy (non-hydrogen) atoms. The summed E-state index contributed by atoms with van der Waals surface area (Å²) in [5, 5.41) is 5.91. The molecule has 0 unspecified atom stereocenters. The quantitative estimate of drug-likeness (QED) is 0.705. The number of carbonyl (C=O) groups excluding carboxylic acids is 1. The molecule has 2 aromatic carbocycles. The van der Waals surface area contributed by atoms with E-state index in [2.05, 4.69) is 20.6 Å². The Kier molecular flexibility index (Phi) is 4.67. The second-order valence-electron chi connectivity index (χ2n) is 6.35. The van der Waals surface area contributed by atoms with Crippen molar-refractivity contribution in [2.24, 2.45) is 0 Å². The lowest BCUT2D eigenvalue weighted by Gasteiger charge is -2.13. The number of aromatic nitrogens is 2. The summed E-state index contributed by atoms with van der Waals surface area (Å²) in [5.41, 5.74) is 2.77. The number of benzene rings is 2.